The van der Waals surface area contributed by atoms with Crippen molar-refractivity contribution in [3.8, 4) is 0 Å². The highest BCUT2D eigenvalue weighted by Crippen LogP contribution is 2.65. The van der Waals surface area contributed by atoms with Gasteiger partial charge in [0, 0.05) is 34.8 Å². The van der Waals surface area contributed by atoms with Gasteiger partial charge in [0.25, 0.3) is 5.91 Å². The fourth-order valence-corrected chi connectivity index (χ4v) is 4.87. The molecule has 0 saturated heterocycles. The second kappa shape index (κ2) is 10.2. The molecule has 1 aliphatic rings. The zero-order valence-electron chi connectivity index (χ0n) is 16.4. The summed E-state index contributed by atoms with van der Waals surface area (Å²) in [4.78, 5) is 25.2. The van der Waals surface area contributed by atoms with Gasteiger partial charge in [0.2, 0.25) is 5.91 Å². The van der Waals surface area contributed by atoms with Crippen LogP contribution in [-0.4, -0.2) is 35.9 Å². The van der Waals surface area contributed by atoms with E-state index in [9.17, 15) is 9.59 Å². The van der Waals surface area contributed by atoms with E-state index in [0.717, 1.165) is 0 Å². The third kappa shape index (κ3) is 5.78. The van der Waals surface area contributed by atoms with Crippen molar-refractivity contribution < 1.29 is 14.3 Å². The van der Waals surface area contributed by atoms with Crippen molar-refractivity contribution in [1.29, 1.82) is 0 Å². The molecule has 0 heterocycles. The molecule has 31 heavy (non-hydrogen) atoms. The van der Waals surface area contributed by atoms with Crippen LogP contribution in [0.4, 0.5) is 5.69 Å². The molecule has 0 bridgehead atoms. The number of halogens is 5. The Morgan fingerprint density at radius 2 is 1.74 bits per heavy atom. The van der Waals surface area contributed by atoms with Crippen LogP contribution in [-0.2, 0) is 9.53 Å². The van der Waals surface area contributed by atoms with E-state index in [0.29, 0.717) is 41.1 Å². The molecular formula is C21H19Cl5N2O3. The summed E-state index contributed by atoms with van der Waals surface area (Å²) in [6.45, 7) is 3.16. The highest BCUT2D eigenvalue weighted by molar-refractivity contribution is 6.53. The van der Waals surface area contributed by atoms with Gasteiger partial charge in [-0.3, -0.25) is 9.59 Å². The Labute approximate surface area is 205 Å². The SMILES string of the molecule is CCOCCNC(=O)c1cc(NC(=O)C2C(c3cc(Cl)cc(Cl)c3)C2(Cl)Cl)ccc1Cl. The lowest BCUT2D eigenvalue weighted by atomic mass is 10.1. The molecule has 2 N–H and O–H groups in total. The van der Waals surface area contributed by atoms with Crippen molar-refractivity contribution in [3.05, 3.63) is 62.6 Å². The van der Waals surface area contributed by atoms with Crippen molar-refractivity contribution in [2.24, 2.45) is 5.92 Å². The summed E-state index contributed by atoms with van der Waals surface area (Å²) in [6, 6.07) is 9.56. The van der Waals surface area contributed by atoms with E-state index in [1.54, 1.807) is 24.3 Å². The Morgan fingerprint density at radius 3 is 2.39 bits per heavy atom. The zero-order chi connectivity index (χ0) is 22.8. The smallest absolute Gasteiger partial charge is 0.252 e. The normalized spacial score (nSPS) is 19.0. The first kappa shape index (κ1) is 24.4. The van der Waals surface area contributed by atoms with Gasteiger partial charge < -0.3 is 15.4 Å². The third-order valence-electron chi connectivity index (χ3n) is 4.79. The van der Waals surface area contributed by atoms with Gasteiger partial charge >= 0.3 is 0 Å². The highest BCUT2D eigenvalue weighted by atomic mass is 35.5. The van der Waals surface area contributed by atoms with Crippen LogP contribution in [0.2, 0.25) is 15.1 Å². The Kier molecular flexibility index (Phi) is 8.00. The van der Waals surface area contributed by atoms with Crippen molar-refractivity contribution >= 4 is 75.5 Å². The lowest BCUT2D eigenvalue weighted by molar-refractivity contribution is -0.117. The number of nitrogens with one attached hydrogen (secondary N) is 2. The molecule has 1 fully saturated rings. The van der Waals surface area contributed by atoms with Crippen molar-refractivity contribution in [2.75, 3.05) is 25.1 Å². The first-order valence-corrected chi connectivity index (χ1v) is 11.3. The number of ether oxygens (including phenoxy) is 1. The summed E-state index contributed by atoms with van der Waals surface area (Å²) in [7, 11) is 0. The summed E-state index contributed by atoms with van der Waals surface area (Å²) in [5.74, 6) is -1.95. The van der Waals surface area contributed by atoms with Gasteiger partial charge in [-0.1, -0.05) is 34.8 Å². The quantitative estimate of drug-likeness (QED) is 0.332. The molecule has 3 rings (SSSR count). The summed E-state index contributed by atoms with van der Waals surface area (Å²) in [5, 5.41) is 6.58. The molecule has 166 valence electrons. The summed E-state index contributed by atoms with van der Waals surface area (Å²) < 4.78 is 3.89. The Morgan fingerprint density at radius 1 is 1.06 bits per heavy atom. The van der Waals surface area contributed by atoms with E-state index in [2.05, 4.69) is 10.6 Å². The van der Waals surface area contributed by atoms with Crippen LogP contribution in [0.3, 0.4) is 0 Å². The maximum Gasteiger partial charge on any atom is 0.252 e. The first-order chi connectivity index (χ1) is 14.6. The second-order valence-corrected chi connectivity index (χ2v) is 9.69. The molecular weight excluding hydrogens is 506 g/mol. The average Bonchev–Trinajstić information content (AvgIpc) is 3.28. The molecule has 1 saturated carbocycles. The van der Waals surface area contributed by atoms with Crippen LogP contribution in [0, 0.1) is 5.92 Å². The number of hydrogen-bond acceptors (Lipinski definition) is 3. The lowest BCUT2D eigenvalue weighted by Crippen LogP contribution is -2.27. The van der Waals surface area contributed by atoms with E-state index in [-0.39, 0.29) is 16.5 Å². The minimum Gasteiger partial charge on any atom is -0.380 e. The van der Waals surface area contributed by atoms with Gasteiger partial charge in [-0.15, -0.1) is 23.2 Å². The van der Waals surface area contributed by atoms with E-state index in [1.807, 2.05) is 6.92 Å². The minimum absolute atomic E-state index is 0.230. The molecule has 2 unspecified atom stereocenters. The molecule has 10 heteroatoms. The predicted molar refractivity (Wildman–Crippen MR) is 126 cm³/mol. The second-order valence-electron chi connectivity index (χ2n) is 6.97. The number of alkyl halides is 2. The molecule has 0 spiro atoms. The number of hydrogen-bond donors (Lipinski definition) is 2. The minimum atomic E-state index is -1.30. The lowest BCUT2D eigenvalue weighted by Gasteiger charge is -2.10. The maximum atomic E-state index is 12.9. The number of anilines is 1. The summed E-state index contributed by atoms with van der Waals surface area (Å²) in [6.07, 6.45) is 0. The van der Waals surface area contributed by atoms with E-state index >= 15 is 0 Å². The predicted octanol–water partition coefficient (Wildman–Crippen LogP) is 5.94. The van der Waals surface area contributed by atoms with Crippen molar-refractivity contribution in [2.45, 2.75) is 17.2 Å². The summed E-state index contributed by atoms with van der Waals surface area (Å²) in [5.41, 5.74) is 1.30. The molecule has 2 aromatic carbocycles. The molecule has 2 amide bonds. The van der Waals surface area contributed by atoms with Gasteiger partial charge in [0.1, 0.15) is 4.33 Å². The highest BCUT2D eigenvalue weighted by Gasteiger charge is 2.67. The van der Waals surface area contributed by atoms with E-state index < -0.39 is 22.1 Å². The van der Waals surface area contributed by atoms with Crippen LogP contribution in [0.25, 0.3) is 0 Å². The standard InChI is InChI=1S/C21H19Cl5N2O3/c1-2-31-6-5-27-19(29)15-10-14(3-4-16(15)24)28-20(30)18-17(21(18,25)26)11-7-12(22)9-13(23)8-11/h3-4,7-10,17-18H,2,5-6H2,1H3,(H,27,29)(H,28,30). The van der Waals surface area contributed by atoms with Crippen LogP contribution >= 0.6 is 58.0 Å². The van der Waals surface area contributed by atoms with Crippen LogP contribution in [0.1, 0.15) is 28.8 Å². The topological polar surface area (TPSA) is 67.4 Å². The first-order valence-electron chi connectivity index (χ1n) is 9.45. The molecule has 2 atom stereocenters. The molecule has 1 aliphatic carbocycles. The van der Waals surface area contributed by atoms with Gasteiger partial charge in [-0.05, 0) is 48.9 Å². The van der Waals surface area contributed by atoms with Gasteiger partial charge in [0.15, 0.2) is 0 Å². The monoisotopic (exact) mass is 522 g/mol. The number of carbonyl (C=O) groups excluding carboxylic acids is 2. The number of benzene rings is 2. The largest absolute Gasteiger partial charge is 0.380 e. The maximum absolute atomic E-state index is 12.9. The van der Waals surface area contributed by atoms with Gasteiger partial charge in [0.05, 0.1) is 23.1 Å². The van der Waals surface area contributed by atoms with Gasteiger partial charge in [-0.25, -0.2) is 0 Å². The molecule has 0 radical (unpaired) electrons. The zero-order valence-corrected chi connectivity index (χ0v) is 20.1. The third-order valence-corrected chi connectivity index (χ3v) is 6.50. The molecule has 2 aromatic rings. The van der Waals surface area contributed by atoms with Crippen molar-refractivity contribution in [1.82, 2.24) is 5.32 Å². The summed E-state index contributed by atoms with van der Waals surface area (Å²) >= 11 is 31.0. The van der Waals surface area contributed by atoms with Crippen LogP contribution in [0.5, 0.6) is 0 Å². The van der Waals surface area contributed by atoms with Gasteiger partial charge in [-0.2, -0.15) is 0 Å². The number of amides is 2. The average molecular weight is 525 g/mol. The fraction of sp³-hybridized carbons (Fsp3) is 0.333. The number of carbonyl (C=O) groups is 2. The van der Waals surface area contributed by atoms with E-state index in [4.69, 9.17) is 62.7 Å². The van der Waals surface area contributed by atoms with Crippen LogP contribution in [0.15, 0.2) is 36.4 Å². The number of rotatable bonds is 8. The fourth-order valence-electron chi connectivity index (χ4n) is 3.30. The Hall–Kier alpha value is -1.21. The van der Waals surface area contributed by atoms with Crippen molar-refractivity contribution in [3.63, 3.8) is 0 Å². The molecule has 0 aliphatic heterocycles. The van der Waals surface area contributed by atoms with Crippen LogP contribution < -0.4 is 10.6 Å². The molecule has 5 nitrogen and oxygen atoms in total. The Bertz CT molecular complexity index is 979. The molecule has 0 aromatic heterocycles. The Balaban J connectivity index is 1.71. The van der Waals surface area contributed by atoms with E-state index in [1.165, 1.54) is 12.1 Å².